The maximum atomic E-state index is 13.8. The number of halogens is 4. The van der Waals surface area contributed by atoms with E-state index in [2.05, 4.69) is 22.1 Å². The van der Waals surface area contributed by atoms with Gasteiger partial charge in [-0.2, -0.15) is 18.3 Å². The first-order valence-electron chi connectivity index (χ1n) is 8.75. The third kappa shape index (κ3) is 5.63. The SMILES string of the molecule is C=C/C(=C\C=N)c1cc(NC(=O)CC(CC)c2ccc(C(F)(F)F)c(F)c2)n[nH]1. The Kier molecular flexibility index (Phi) is 7.08. The first-order chi connectivity index (χ1) is 13.7. The molecule has 1 heterocycles. The third-order valence-electron chi connectivity index (χ3n) is 4.33. The number of hydrogen-bond donors (Lipinski definition) is 3. The van der Waals surface area contributed by atoms with Crippen molar-refractivity contribution in [1.82, 2.24) is 10.2 Å². The Bertz CT molecular complexity index is 931. The first kappa shape index (κ1) is 22.1. The molecule has 0 fully saturated rings. The van der Waals surface area contributed by atoms with Crippen LogP contribution in [0.3, 0.4) is 0 Å². The molecule has 154 valence electrons. The van der Waals surface area contributed by atoms with Gasteiger partial charge in [0.05, 0.1) is 11.3 Å². The minimum atomic E-state index is -4.77. The van der Waals surface area contributed by atoms with Gasteiger partial charge in [0.1, 0.15) is 5.82 Å². The van der Waals surface area contributed by atoms with Crippen LogP contribution in [0.1, 0.15) is 42.5 Å². The van der Waals surface area contributed by atoms with Crippen LogP contribution in [0.4, 0.5) is 23.4 Å². The summed E-state index contributed by atoms with van der Waals surface area (Å²) in [5, 5.41) is 16.4. The van der Waals surface area contributed by atoms with E-state index in [9.17, 15) is 22.4 Å². The topological polar surface area (TPSA) is 81.6 Å². The van der Waals surface area contributed by atoms with Gasteiger partial charge in [0, 0.05) is 24.3 Å². The average molecular weight is 408 g/mol. The number of hydrogen-bond acceptors (Lipinski definition) is 3. The van der Waals surface area contributed by atoms with Crippen molar-refractivity contribution in [3.63, 3.8) is 0 Å². The quantitative estimate of drug-likeness (QED) is 0.314. The number of aromatic nitrogens is 2. The standard InChI is InChI=1S/C20H20F4N4O/c1-3-12(7-8-25)17-11-18(28-27-17)26-19(29)10-13(4-2)14-5-6-15(16(21)9-14)20(22,23)24/h3,5-9,11,13,25H,1,4,10H2,2H3,(H2,26,27,28,29)/b12-7+,25-8?. The number of allylic oxidation sites excluding steroid dienone is 3. The molecule has 2 aromatic rings. The van der Waals surface area contributed by atoms with Gasteiger partial charge in [0.15, 0.2) is 5.82 Å². The van der Waals surface area contributed by atoms with Gasteiger partial charge in [-0.1, -0.05) is 25.6 Å². The average Bonchev–Trinajstić information content (AvgIpc) is 3.11. The van der Waals surface area contributed by atoms with Crippen LogP contribution in [0.5, 0.6) is 0 Å². The van der Waals surface area contributed by atoms with Crippen LogP contribution in [0.15, 0.2) is 43.0 Å². The smallest absolute Gasteiger partial charge is 0.309 e. The molecule has 0 radical (unpaired) electrons. The number of nitrogens with one attached hydrogen (secondary N) is 3. The van der Waals surface area contributed by atoms with Crippen LogP contribution in [0, 0.1) is 11.2 Å². The molecular weight excluding hydrogens is 388 g/mol. The normalized spacial score (nSPS) is 13.1. The lowest BCUT2D eigenvalue weighted by Crippen LogP contribution is -2.16. The Labute approximate surface area is 165 Å². The van der Waals surface area contributed by atoms with Gasteiger partial charge in [-0.25, -0.2) is 4.39 Å². The molecule has 3 N–H and O–H groups in total. The van der Waals surface area contributed by atoms with Crippen molar-refractivity contribution in [2.45, 2.75) is 31.9 Å². The molecule has 29 heavy (non-hydrogen) atoms. The van der Waals surface area contributed by atoms with Gasteiger partial charge < -0.3 is 10.7 Å². The molecule has 9 heteroatoms. The minimum absolute atomic E-state index is 0.0475. The van der Waals surface area contributed by atoms with Crippen molar-refractivity contribution in [1.29, 1.82) is 5.41 Å². The number of H-pyrrole nitrogens is 1. The summed E-state index contributed by atoms with van der Waals surface area (Å²) in [5.41, 5.74) is 0.148. The number of carbonyl (C=O) groups is 1. The second-order valence-electron chi connectivity index (χ2n) is 6.25. The zero-order valence-corrected chi connectivity index (χ0v) is 15.6. The Morgan fingerprint density at radius 2 is 2.10 bits per heavy atom. The summed E-state index contributed by atoms with van der Waals surface area (Å²) in [4.78, 5) is 12.3. The van der Waals surface area contributed by atoms with E-state index in [4.69, 9.17) is 5.41 Å². The molecule has 0 bridgehead atoms. The monoisotopic (exact) mass is 408 g/mol. The van der Waals surface area contributed by atoms with Crippen molar-refractivity contribution < 1.29 is 22.4 Å². The van der Waals surface area contributed by atoms with Crippen LogP contribution in [-0.2, 0) is 11.0 Å². The molecule has 1 atom stereocenters. The van der Waals surface area contributed by atoms with Gasteiger partial charge in [-0.3, -0.25) is 9.89 Å². The van der Waals surface area contributed by atoms with E-state index in [0.29, 0.717) is 29.3 Å². The van der Waals surface area contributed by atoms with Crippen molar-refractivity contribution >= 4 is 23.5 Å². The summed E-state index contributed by atoms with van der Waals surface area (Å²) < 4.78 is 52.0. The van der Waals surface area contributed by atoms with Gasteiger partial charge in [0.25, 0.3) is 0 Å². The Balaban J connectivity index is 2.10. The lowest BCUT2D eigenvalue weighted by molar-refractivity contribution is -0.140. The van der Waals surface area contributed by atoms with Crippen LogP contribution < -0.4 is 5.32 Å². The number of nitrogens with zero attached hydrogens (tertiary/aromatic N) is 1. The fourth-order valence-corrected chi connectivity index (χ4v) is 2.82. The lowest BCUT2D eigenvalue weighted by Gasteiger charge is -2.16. The fourth-order valence-electron chi connectivity index (χ4n) is 2.82. The number of alkyl halides is 3. The zero-order valence-electron chi connectivity index (χ0n) is 15.6. The van der Waals surface area contributed by atoms with E-state index in [1.54, 1.807) is 13.0 Å². The summed E-state index contributed by atoms with van der Waals surface area (Å²) in [7, 11) is 0. The highest BCUT2D eigenvalue weighted by Crippen LogP contribution is 2.34. The van der Waals surface area contributed by atoms with E-state index in [0.717, 1.165) is 12.3 Å². The zero-order chi connectivity index (χ0) is 21.6. The van der Waals surface area contributed by atoms with E-state index in [1.165, 1.54) is 18.2 Å². The predicted molar refractivity (Wildman–Crippen MR) is 103 cm³/mol. The molecule has 1 aromatic carbocycles. The summed E-state index contributed by atoms with van der Waals surface area (Å²) in [6.45, 7) is 5.39. The highest BCUT2D eigenvalue weighted by molar-refractivity contribution is 5.91. The minimum Gasteiger partial charge on any atom is -0.309 e. The van der Waals surface area contributed by atoms with Gasteiger partial charge >= 0.3 is 6.18 Å². The van der Waals surface area contributed by atoms with Crippen LogP contribution >= 0.6 is 0 Å². The largest absolute Gasteiger partial charge is 0.419 e. The molecular formula is C20H20F4N4O. The lowest BCUT2D eigenvalue weighted by atomic mass is 9.92. The Morgan fingerprint density at radius 3 is 2.66 bits per heavy atom. The van der Waals surface area contributed by atoms with E-state index in [1.807, 2.05) is 0 Å². The van der Waals surface area contributed by atoms with Crippen molar-refractivity contribution in [2.75, 3.05) is 5.32 Å². The molecule has 0 aliphatic rings. The molecule has 0 aliphatic carbocycles. The molecule has 0 saturated heterocycles. The summed E-state index contributed by atoms with van der Waals surface area (Å²) in [6.07, 6.45) is -0.267. The summed E-state index contributed by atoms with van der Waals surface area (Å²) in [6, 6.07) is 4.28. The predicted octanol–water partition coefficient (Wildman–Crippen LogP) is 5.31. The Morgan fingerprint density at radius 1 is 1.38 bits per heavy atom. The van der Waals surface area contributed by atoms with Crippen LogP contribution in [0.25, 0.3) is 5.57 Å². The van der Waals surface area contributed by atoms with Crippen molar-refractivity contribution in [3.05, 3.63) is 65.6 Å². The maximum absolute atomic E-state index is 13.8. The number of benzene rings is 1. The molecule has 0 spiro atoms. The highest BCUT2D eigenvalue weighted by atomic mass is 19.4. The van der Waals surface area contributed by atoms with E-state index < -0.39 is 29.4 Å². The molecule has 0 saturated carbocycles. The fraction of sp³-hybridized carbons (Fsp3) is 0.250. The maximum Gasteiger partial charge on any atom is 0.419 e. The van der Waals surface area contributed by atoms with E-state index >= 15 is 0 Å². The number of carbonyl (C=O) groups excluding carboxylic acids is 1. The molecule has 5 nitrogen and oxygen atoms in total. The number of aromatic amines is 1. The number of anilines is 1. The second-order valence-corrected chi connectivity index (χ2v) is 6.25. The van der Waals surface area contributed by atoms with E-state index in [-0.39, 0.29) is 12.2 Å². The Hall–Kier alpha value is -3.23. The van der Waals surface area contributed by atoms with Crippen molar-refractivity contribution in [2.24, 2.45) is 0 Å². The van der Waals surface area contributed by atoms with Gasteiger partial charge in [0.2, 0.25) is 5.91 Å². The molecule has 1 aromatic heterocycles. The molecule has 2 rings (SSSR count). The first-order valence-corrected chi connectivity index (χ1v) is 8.75. The van der Waals surface area contributed by atoms with Crippen LogP contribution in [-0.4, -0.2) is 22.3 Å². The molecule has 0 aliphatic heterocycles. The van der Waals surface area contributed by atoms with Gasteiger partial charge in [-0.15, -0.1) is 0 Å². The number of amides is 1. The molecule has 1 unspecified atom stereocenters. The van der Waals surface area contributed by atoms with Crippen LogP contribution in [0.2, 0.25) is 0 Å². The summed E-state index contributed by atoms with van der Waals surface area (Å²) >= 11 is 0. The highest BCUT2D eigenvalue weighted by Gasteiger charge is 2.34. The molecule has 1 amide bonds. The third-order valence-corrected chi connectivity index (χ3v) is 4.33. The summed E-state index contributed by atoms with van der Waals surface area (Å²) in [5.74, 6) is -1.98. The van der Waals surface area contributed by atoms with Gasteiger partial charge in [-0.05, 0) is 36.1 Å². The second kappa shape index (κ2) is 9.31. The number of rotatable bonds is 8. The van der Waals surface area contributed by atoms with Crippen molar-refractivity contribution in [3.8, 4) is 0 Å².